The molecule has 0 saturated heterocycles. The second kappa shape index (κ2) is 4.84. The summed E-state index contributed by atoms with van der Waals surface area (Å²) >= 11 is 6.13. The van der Waals surface area contributed by atoms with E-state index >= 15 is 0 Å². The van der Waals surface area contributed by atoms with Crippen LogP contribution < -0.4 is 11.3 Å². The molecule has 1 aromatic heterocycles. The Bertz CT molecular complexity index is 726. The quantitative estimate of drug-likeness (QED) is 0.901. The fourth-order valence-corrected chi connectivity index (χ4v) is 2.86. The van der Waals surface area contributed by atoms with Crippen LogP contribution in [0, 0.1) is 5.92 Å². The average molecular weight is 294 g/mol. The SMILES string of the molecule is CC(N)c1nc2cccc(Cl)c2c(=O)n1C1CC1CO. The van der Waals surface area contributed by atoms with Crippen molar-refractivity contribution in [3.05, 3.63) is 39.4 Å². The van der Waals surface area contributed by atoms with Gasteiger partial charge in [-0.05, 0) is 25.5 Å². The Morgan fingerprint density at radius 3 is 2.95 bits per heavy atom. The number of benzene rings is 1. The van der Waals surface area contributed by atoms with E-state index in [-0.39, 0.29) is 30.2 Å². The molecule has 1 heterocycles. The predicted molar refractivity (Wildman–Crippen MR) is 77.8 cm³/mol. The summed E-state index contributed by atoms with van der Waals surface area (Å²) in [6.07, 6.45) is 0.772. The summed E-state index contributed by atoms with van der Waals surface area (Å²) in [5, 5.41) is 10.0. The molecule has 0 spiro atoms. The Labute approximate surface area is 121 Å². The van der Waals surface area contributed by atoms with E-state index in [1.165, 1.54) is 0 Å². The summed E-state index contributed by atoms with van der Waals surface area (Å²) in [5.41, 5.74) is 6.34. The van der Waals surface area contributed by atoms with Gasteiger partial charge in [-0.3, -0.25) is 9.36 Å². The summed E-state index contributed by atoms with van der Waals surface area (Å²) < 4.78 is 1.61. The molecule has 3 atom stereocenters. The van der Waals surface area contributed by atoms with Gasteiger partial charge in [0.15, 0.2) is 0 Å². The third-order valence-electron chi connectivity index (χ3n) is 3.76. The molecular weight excluding hydrogens is 278 g/mol. The van der Waals surface area contributed by atoms with Crippen LogP contribution in [0.25, 0.3) is 10.9 Å². The number of rotatable bonds is 3. The molecule has 0 bridgehead atoms. The van der Waals surface area contributed by atoms with Gasteiger partial charge in [-0.2, -0.15) is 0 Å². The molecule has 1 fully saturated rings. The zero-order chi connectivity index (χ0) is 14.4. The smallest absolute Gasteiger partial charge is 0.263 e. The molecule has 3 unspecified atom stereocenters. The molecule has 1 aliphatic rings. The van der Waals surface area contributed by atoms with E-state index in [9.17, 15) is 9.90 Å². The maximum atomic E-state index is 12.7. The summed E-state index contributed by atoms with van der Waals surface area (Å²) in [6, 6.07) is 4.82. The Morgan fingerprint density at radius 1 is 1.60 bits per heavy atom. The number of hydrogen-bond acceptors (Lipinski definition) is 4. The van der Waals surface area contributed by atoms with Crippen molar-refractivity contribution < 1.29 is 5.11 Å². The molecule has 0 amide bonds. The minimum Gasteiger partial charge on any atom is -0.396 e. The van der Waals surface area contributed by atoms with Crippen molar-refractivity contribution in [1.29, 1.82) is 0 Å². The highest BCUT2D eigenvalue weighted by atomic mass is 35.5. The molecule has 2 aromatic rings. The van der Waals surface area contributed by atoms with E-state index in [1.54, 1.807) is 29.7 Å². The standard InChI is InChI=1S/C14H16ClN3O2/c1-7(16)13-17-10-4-2-3-9(15)12(10)14(20)18(13)11-5-8(11)6-19/h2-4,7-8,11,19H,5-6,16H2,1H3. The largest absolute Gasteiger partial charge is 0.396 e. The van der Waals surface area contributed by atoms with Gasteiger partial charge in [-0.25, -0.2) is 4.98 Å². The molecule has 106 valence electrons. The minimum absolute atomic E-state index is 0.0262. The average Bonchev–Trinajstić information content (AvgIpc) is 3.17. The second-order valence-electron chi connectivity index (χ2n) is 5.31. The third kappa shape index (κ3) is 2.02. The molecule has 0 radical (unpaired) electrons. The minimum atomic E-state index is -0.356. The lowest BCUT2D eigenvalue weighted by Crippen LogP contribution is -2.29. The van der Waals surface area contributed by atoms with Crippen LogP contribution in [0.3, 0.4) is 0 Å². The number of aromatic nitrogens is 2. The maximum Gasteiger partial charge on any atom is 0.263 e. The van der Waals surface area contributed by atoms with E-state index in [0.717, 1.165) is 6.42 Å². The van der Waals surface area contributed by atoms with E-state index in [0.29, 0.717) is 21.7 Å². The van der Waals surface area contributed by atoms with Crippen molar-refractivity contribution in [1.82, 2.24) is 9.55 Å². The molecule has 1 aliphatic carbocycles. The van der Waals surface area contributed by atoms with E-state index < -0.39 is 0 Å². The Kier molecular flexibility index (Phi) is 3.28. The first-order valence-electron chi connectivity index (χ1n) is 6.61. The van der Waals surface area contributed by atoms with Crippen LogP contribution in [0.15, 0.2) is 23.0 Å². The van der Waals surface area contributed by atoms with Crippen molar-refractivity contribution in [3.8, 4) is 0 Å². The fourth-order valence-electron chi connectivity index (χ4n) is 2.61. The van der Waals surface area contributed by atoms with Gasteiger partial charge < -0.3 is 10.8 Å². The lowest BCUT2D eigenvalue weighted by Gasteiger charge is -2.16. The first kappa shape index (κ1) is 13.5. The van der Waals surface area contributed by atoms with Crippen LogP contribution in [0.1, 0.15) is 31.3 Å². The second-order valence-corrected chi connectivity index (χ2v) is 5.72. The molecule has 20 heavy (non-hydrogen) atoms. The summed E-state index contributed by atoms with van der Waals surface area (Å²) in [6.45, 7) is 1.86. The first-order chi connectivity index (χ1) is 9.54. The molecular formula is C14H16ClN3O2. The number of nitrogens with two attached hydrogens (primary N) is 1. The summed E-state index contributed by atoms with van der Waals surface area (Å²) in [5.74, 6) is 0.651. The van der Waals surface area contributed by atoms with Gasteiger partial charge >= 0.3 is 0 Å². The highest BCUT2D eigenvalue weighted by Crippen LogP contribution is 2.43. The van der Waals surface area contributed by atoms with E-state index in [1.807, 2.05) is 0 Å². The van der Waals surface area contributed by atoms with Gasteiger partial charge in [0.25, 0.3) is 5.56 Å². The van der Waals surface area contributed by atoms with Crippen molar-refractivity contribution in [2.24, 2.45) is 11.7 Å². The third-order valence-corrected chi connectivity index (χ3v) is 4.08. The predicted octanol–water partition coefficient (Wildman–Crippen LogP) is 1.62. The van der Waals surface area contributed by atoms with Crippen molar-refractivity contribution in [3.63, 3.8) is 0 Å². The lowest BCUT2D eigenvalue weighted by molar-refractivity contribution is 0.267. The molecule has 1 aromatic carbocycles. The Balaban J connectivity index is 2.31. The highest BCUT2D eigenvalue weighted by molar-refractivity contribution is 6.35. The number of aliphatic hydroxyl groups excluding tert-OH is 1. The van der Waals surface area contributed by atoms with E-state index in [4.69, 9.17) is 17.3 Å². The van der Waals surface area contributed by atoms with Gasteiger partial charge in [0.05, 0.1) is 22.0 Å². The van der Waals surface area contributed by atoms with E-state index in [2.05, 4.69) is 4.98 Å². The van der Waals surface area contributed by atoms with Crippen molar-refractivity contribution in [2.75, 3.05) is 6.61 Å². The number of nitrogens with zero attached hydrogens (tertiary/aromatic N) is 2. The van der Waals surface area contributed by atoms with Crippen LogP contribution in [0.2, 0.25) is 5.02 Å². The number of aliphatic hydroxyl groups is 1. The van der Waals surface area contributed by atoms with Gasteiger partial charge in [-0.1, -0.05) is 17.7 Å². The van der Waals surface area contributed by atoms with Crippen LogP contribution in [-0.2, 0) is 0 Å². The summed E-state index contributed by atoms with van der Waals surface area (Å²) in [7, 11) is 0. The zero-order valence-electron chi connectivity index (χ0n) is 11.1. The molecule has 0 aliphatic heterocycles. The summed E-state index contributed by atoms with van der Waals surface area (Å²) in [4.78, 5) is 17.2. The normalized spacial score (nSPS) is 23.0. The Hall–Kier alpha value is -1.43. The monoisotopic (exact) mass is 293 g/mol. The van der Waals surface area contributed by atoms with Crippen molar-refractivity contribution in [2.45, 2.75) is 25.4 Å². The number of fused-ring (bicyclic) bond motifs is 1. The van der Waals surface area contributed by atoms with Gasteiger partial charge in [0.1, 0.15) is 5.82 Å². The van der Waals surface area contributed by atoms with Crippen LogP contribution in [0.5, 0.6) is 0 Å². The fraction of sp³-hybridized carbons (Fsp3) is 0.429. The number of halogens is 1. The highest BCUT2D eigenvalue weighted by Gasteiger charge is 2.40. The van der Waals surface area contributed by atoms with Crippen LogP contribution >= 0.6 is 11.6 Å². The lowest BCUT2D eigenvalue weighted by atomic mass is 10.2. The maximum absolute atomic E-state index is 12.7. The van der Waals surface area contributed by atoms with Crippen LogP contribution in [0.4, 0.5) is 0 Å². The van der Waals surface area contributed by atoms with Gasteiger partial charge in [-0.15, -0.1) is 0 Å². The molecule has 6 heteroatoms. The molecule has 1 saturated carbocycles. The Morgan fingerprint density at radius 2 is 2.35 bits per heavy atom. The number of hydrogen-bond donors (Lipinski definition) is 2. The van der Waals surface area contributed by atoms with Crippen molar-refractivity contribution >= 4 is 22.5 Å². The molecule has 3 N–H and O–H groups in total. The molecule has 5 nitrogen and oxygen atoms in total. The molecule has 3 rings (SSSR count). The zero-order valence-corrected chi connectivity index (χ0v) is 11.8. The van der Waals surface area contributed by atoms with Crippen LogP contribution in [-0.4, -0.2) is 21.3 Å². The topological polar surface area (TPSA) is 81.1 Å². The van der Waals surface area contributed by atoms with Gasteiger partial charge in [0.2, 0.25) is 0 Å². The van der Waals surface area contributed by atoms with Gasteiger partial charge in [0, 0.05) is 18.6 Å². The first-order valence-corrected chi connectivity index (χ1v) is 6.99.